The summed E-state index contributed by atoms with van der Waals surface area (Å²) in [6, 6.07) is 9.52. The Morgan fingerprint density at radius 1 is 1.42 bits per heavy atom. The fraction of sp³-hybridized carbons (Fsp3) is 0.250. The molecule has 0 bridgehead atoms. The lowest BCUT2D eigenvalue weighted by molar-refractivity contribution is -0.114. The van der Waals surface area contributed by atoms with Crippen LogP contribution in [-0.2, 0) is 11.3 Å². The van der Waals surface area contributed by atoms with Crippen molar-refractivity contribution >= 4 is 29.6 Å². The highest BCUT2D eigenvalue weighted by Gasteiger charge is 2.11. The molecule has 8 nitrogen and oxygen atoms in total. The van der Waals surface area contributed by atoms with Gasteiger partial charge in [-0.15, -0.1) is 0 Å². The van der Waals surface area contributed by atoms with E-state index in [1.54, 1.807) is 11.2 Å². The maximum Gasteiger partial charge on any atom is 0.221 e. The van der Waals surface area contributed by atoms with Crippen molar-refractivity contribution in [1.29, 1.82) is 5.26 Å². The summed E-state index contributed by atoms with van der Waals surface area (Å²) in [5, 5.41) is 21.9. The van der Waals surface area contributed by atoms with Gasteiger partial charge < -0.3 is 15.5 Å². The number of nitriles is 1. The number of anilines is 2. The van der Waals surface area contributed by atoms with Gasteiger partial charge in [-0.3, -0.25) is 9.89 Å². The Balaban J connectivity index is 2.04. The number of nitrogens with zero attached hydrogens (tertiary/aromatic N) is 4. The molecule has 0 aliphatic carbocycles. The minimum atomic E-state index is -0.109. The topological polar surface area (TPSA) is 109 Å². The number of H-pyrrole nitrogens is 1. The van der Waals surface area contributed by atoms with E-state index in [0.717, 1.165) is 11.3 Å². The number of carbonyl (C=O) groups is 1. The van der Waals surface area contributed by atoms with Crippen LogP contribution in [0.4, 0.5) is 17.3 Å². The van der Waals surface area contributed by atoms with E-state index in [1.807, 2.05) is 38.4 Å². The van der Waals surface area contributed by atoms with Crippen molar-refractivity contribution in [1.82, 2.24) is 15.1 Å². The molecule has 2 aromatic rings. The quantitative estimate of drug-likeness (QED) is 0.556. The van der Waals surface area contributed by atoms with Gasteiger partial charge in [0.15, 0.2) is 11.6 Å². The van der Waals surface area contributed by atoms with E-state index >= 15 is 0 Å². The summed E-state index contributed by atoms with van der Waals surface area (Å²) < 4.78 is 0. The number of hydrogen-bond acceptors (Lipinski definition) is 5. The molecule has 24 heavy (non-hydrogen) atoms. The minimum Gasteiger partial charge on any atom is -0.369 e. The molecule has 3 N–H and O–H groups in total. The van der Waals surface area contributed by atoms with Crippen LogP contribution in [0.2, 0.25) is 0 Å². The van der Waals surface area contributed by atoms with Gasteiger partial charge in [-0.25, -0.2) is 4.99 Å². The summed E-state index contributed by atoms with van der Waals surface area (Å²) in [4.78, 5) is 16.9. The first-order valence-electron chi connectivity index (χ1n) is 7.29. The van der Waals surface area contributed by atoms with Crippen LogP contribution in [-0.4, -0.2) is 41.4 Å². The van der Waals surface area contributed by atoms with Crippen LogP contribution in [0.25, 0.3) is 0 Å². The van der Waals surface area contributed by atoms with Crippen LogP contribution >= 0.6 is 0 Å². The third-order valence-corrected chi connectivity index (χ3v) is 3.01. The summed E-state index contributed by atoms with van der Waals surface area (Å²) in [6.45, 7) is 1.96. The SMILES string of the molecule is CC(=O)Nc1ccc(CNc2n[nH]c(N=CN(C)C)c2C#N)cc1. The molecule has 8 heteroatoms. The van der Waals surface area contributed by atoms with Crippen molar-refractivity contribution in [3.8, 4) is 6.07 Å². The molecule has 2 rings (SSSR count). The molecule has 0 unspecified atom stereocenters. The second-order valence-corrected chi connectivity index (χ2v) is 5.35. The molecule has 124 valence electrons. The van der Waals surface area contributed by atoms with Crippen molar-refractivity contribution in [2.24, 2.45) is 4.99 Å². The van der Waals surface area contributed by atoms with E-state index in [-0.39, 0.29) is 5.91 Å². The monoisotopic (exact) mass is 325 g/mol. The Morgan fingerprint density at radius 3 is 2.71 bits per heavy atom. The number of aromatic nitrogens is 2. The second kappa shape index (κ2) is 7.78. The normalized spacial score (nSPS) is 10.4. The fourth-order valence-electron chi connectivity index (χ4n) is 1.93. The van der Waals surface area contributed by atoms with E-state index in [9.17, 15) is 10.1 Å². The summed E-state index contributed by atoms with van der Waals surface area (Å²) >= 11 is 0. The average molecular weight is 325 g/mol. The number of aliphatic imine (C=N–C) groups is 1. The zero-order valence-electron chi connectivity index (χ0n) is 13.8. The van der Waals surface area contributed by atoms with Crippen molar-refractivity contribution in [3.63, 3.8) is 0 Å². The van der Waals surface area contributed by atoms with Gasteiger partial charge in [-0.05, 0) is 17.7 Å². The Morgan fingerprint density at radius 2 is 2.12 bits per heavy atom. The van der Waals surface area contributed by atoms with E-state index in [2.05, 4.69) is 31.9 Å². The van der Waals surface area contributed by atoms with Crippen LogP contribution in [0.3, 0.4) is 0 Å². The molecule has 0 fully saturated rings. The molecular weight excluding hydrogens is 306 g/mol. The lowest BCUT2D eigenvalue weighted by Crippen LogP contribution is -2.07. The maximum atomic E-state index is 11.0. The first-order valence-corrected chi connectivity index (χ1v) is 7.29. The van der Waals surface area contributed by atoms with Crippen LogP contribution in [0.15, 0.2) is 29.3 Å². The van der Waals surface area contributed by atoms with E-state index in [1.165, 1.54) is 6.92 Å². The third-order valence-electron chi connectivity index (χ3n) is 3.01. The van der Waals surface area contributed by atoms with E-state index < -0.39 is 0 Å². The molecular formula is C16H19N7O. The zero-order chi connectivity index (χ0) is 17.5. The molecule has 1 aromatic heterocycles. The third kappa shape index (κ3) is 4.58. The number of nitrogens with one attached hydrogen (secondary N) is 3. The molecule has 1 heterocycles. The van der Waals surface area contributed by atoms with Gasteiger partial charge in [-0.1, -0.05) is 12.1 Å². The van der Waals surface area contributed by atoms with E-state index in [0.29, 0.717) is 23.7 Å². The number of hydrogen-bond donors (Lipinski definition) is 3. The van der Waals surface area contributed by atoms with Crippen LogP contribution in [0, 0.1) is 11.3 Å². The molecule has 0 saturated heterocycles. The molecule has 0 spiro atoms. The molecule has 0 saturated carbocycles. The Hall–Kier alpha value is -3.34. The molecule has 1 amide bonds. The van der Waals surface area contributed by atoms with Crippen LogP contribution in [0.5, 0.6) is 0 Å². The van der Waals surface area contributed by atoms with Gasteiger partial charge in [0.25, 0.3) is 0 Å². The highest BCUT2D eigenvalue weighted by molar-refractivity contribution is 5.88. The van der Waals surface area contributed by atoms with Crippen LogP contribution in [0.1, 0.15) is 18.1 Å². The molecule has 0 aliphatic heterocycles. The lowest BCUT2D eigenvalue weighted by Gasteiger charge is -2.06. The van der Waals surface area contributed by atoms with Gasteiger partial charge >= 0.3 is 0 Å². The van der Waals surface area contributed by atoms with Gasteiger partial charge in [0.1, 0.15) is 11.6 Å². The first-order chi connectivity index (χ1) is 11.5. The van der Waals surface area contributed by atoms with Gasteiger partial charge in [0, 0.05) is 33.3 Å². The molecule has 0 radical (unpaired) electrons. The fourth-order valence-corrected chi connectivity index (χ4v) is 1.93. The largest absolute Gasteiger partial charge is 0.369 e. The Kier molecular flexibility index (Phi) is 5.52. The smallest absolute Gasteiger partial charge is 0.221 e. The first kappa shape index (κ1) is 17.0. The predicted octanol–water partition coefficient (Wildman–Crippen LogP) is 2.07. The average Bonchev–Trinajstić information content (AvgIpc) is 2.93. The Bertz CT molecular complexity index is 769. The molecule has 0 aliphatic rings. The van der Waals surface area contributed by atoms with Gasteiger partial charge in [-0.2, -0.15) is 10.4 Å². The van der Waals surface area contributed by atoms with Crippen molar-refractivity contribution < 1.29 is 4.79 Å². The van der Waals surface area contributed by atoms with Gasteiger partial charge in [0.05, 0.1) is 6.34 Å². The molecule has 0 atom stereocenters. The number of amides is 1. The highest BCUT2D eigenvalue weighted by Crippen LogP contribution is 2.23. The summed E-state index contributed by atoms with van der Waals surface area (Å²) in [5.74, 6) is 0.755. The second-order valence-electron chi connectivity index (χ2n) is 5.35. The summed E-state index contributed by atoms with van der Waals surface area (Å²) in [5.41, 5.74) is 2.10. The minimum absolute atomic E-state index is 0.109. The number of carbonyl (C=O) groups excluding carboxylic acids is 1. The van der Waals surface area contributed by atoms with Crippen molar-refractivity contribution in [2.75, 3.05) is 24.7 Å². The Labute approximate surface area is 140 Å². The lowest BCUT2D eigenvalue weighted by atomic mass is 10.2. The van der Waals surface area contributed by atoms with Crippen molar-refractivity contribution in [3.05, 3.63) is 35.4 Å². The summed E-state index contributed by atoms with van der Waals surface area (Å²) in [6.07, 6.45) is 1.60. The highest BCUT2D eigenvalue weighted by atomic mass is 16.1. The maximum absolute atomic E-state index is 11.0. The number of benzene rings is 1. The molecule has 1 aromatic carbocycles. The number of aromatic amines is 1. The van der Waals surface area contributed by atoms with Crippen molar-refractivity contribution in [2.45, 2.75) is 13.5 Å². The summed E-state index contributed by atoms with van der Waals surface area (Å²) in [7, 11) is 3.69. The number of rotatable bonds is 6. The zero-order valence-corrected chi connectivity index (χ0v) is 13.8. The van der Waals surface area contributed by atoms with E-state index in [4.69, 9.17) is 0 Å². The standard InChI is InChI=1S/C16H19N7O/c1-11(24)20-13-6-4-12(5-7-13)9-18-15-14(8-17)16(22-21-15)19-10-23(2)3/h4-7,10H,9H2,1-3H3,(H,20,24)(H2,18,21,22). The van der Waals surface area contributed by atoms with Gasteiger partial charge in [0.2, 0.25) is 5.91 Å². The van der Waals surface area contributed by atoms with Crippen LogP contribution < -0.4 is 10.6 Å². The predicted molar refractivity (Wildman–Crippen MR) is 93.2 cm³/mol.